The maximum Gasteiger partial charge on any atom is 0.139 e. The van der Waals surface area contributed by atoms with Gasteiger partial charge in [0.2, 0.25) is 0 Å². The van der Waals surface area contributed by atoms with E-state index >= 15 is 0 Å². The summed E-state index contributed by atoms with van der Waals surface area (Å²) in [6.07, 6.45) is 9.34. The first-order chi connectivity index (χ1) is 10.4. The Morgan fingerprint density at radius 3 is 2.68 bits per heavy atom. The van der Waals surface area contributed by atoms with E-state index in [2.05, 4.69) is 20.4 Å². The van der Waals surface area contributed by atoms with Gasteiger partial charge in [-0.3, -0.25) is 4.79 Å². The van der Waals surface area contributed by atoms with E-state index in [0.717, 1.165) is 31.1 Å². The van der Waals surface area contributed by atoms with Gasteiger partial charge < -0.3 is 0 Å². The number of carbonyl (C=O) groups is 1. The average Bonchev–Trinajstić information content (AvgIpc) is 2.77. The molecule has 0 aromatic carbocycles. The Bertz CT molecular complexity index is 526. The fourth-order valence-electron chi connectivity index (χ4n) is 6.99. The van der Waals surface area contributed by atoms with Crippen LogP contribution in [0.15, 0.2) is 12.2 Å². The fourth-order valence-corrected chi connectivity index (χ4v) is 7.33. The Hall–Kier alpha value is -0.240. The zero-order chi connectivity index (χ0) is 15.7. The number of hydrogen-bond acceptors (Lipinski definition) is 2. The molecule has 2 unspecified atom stereocenters. The lowest BCUT2D eigenvalue weighted by molar-refractivity contribution is -0.135. The zero-order valence-electron chi connectivity index (χ0n) is 14.1. The molecule has 0 radical (unpaired) electrons. The first kappa shape index (κ1) is 15.3. The first-order valence-electron chi connectivity index (χ1n) is 9.25. The minimum atomic E-state index is -0.00854. The van der Waals surface area contributed by atoms with Gasteiger partial charge in [-0.1, -0.05) is 26.0 Å². The Morgan fingerprint density at radius 2 is 1.91 bits per heavy atom. The highest BCUT2D eigenvalue weighted by Gasteiger charge is 2.60. The predicted octanol–water partition coefficient (Wildman–Crippen LogP) is 5.06. The van der Waals surface area contributed by atoms with E-state index in [4.69, 9.17) is 12.6 Å². The average molecular weight is 319 g/mol. The molecular weight excluding hydrogens is 288 g/mol. The number of thiol groups is 1. The molecule has 0 aromatic heterocycles. The normalized spacial score (nSPS) is 54.6. The van der Waals surface area contributed by atoms with Gasteiger partial charge in [0.1, 0.15) is 5.78 Å². The minimum absolute atomic E-state index is 0.00854. The SMILES string of the molecule is C=C1C[C@@H]2[C@@H](CC[C@]3(C)C(=O)CC[C@@H]23)[C@@]2(C)CCC(S)CC12. The Kier molecular flexibility index (Phi) is 3.39. The van der Waals surface area contributed by atoms with E-state index in [1.165, 1.54) is 37.7 Å². The van der Waals surface area contributed by atoms with Crippen LogP contribution in [-0.4, -0.2) is 11.0 Å². The van der Waals surface area contributed by atoms with E-state index < -0.39 is 0 Å². The third-order valence-corrected chi connectivity index (χ3v) is 8.77. The van der Waals surface area contributed by atoms with Crippen LogP contribution in [0.25, 0.3) is 0 Å². The molecule has 2 heteroatoms. The van der Waals surface area contributed by atoms with E-state index in [1.54, 1.807) is 0 Å². The first-order valence-corrected chi connectivity index (χ1v) is 9.77. The van der Waals surface area contributed by atoms with Crippen LogP contribution in [0.3, 0.4) is 0 Å². The van der Waals surface area contributed by atoms with Crippen molar-refractivity contribution in [2.45, 2.75) is 70.5 Å². The summed E-state index contributed by atoms with van der Waals surface area (Å²) >= 11 is 4.77. The van der Waals surface area contributed by atoms with Gasteiger partial charge in [-0.15, -0.1) is 0 Å². The van der Waals surface area contributed by atoms with Gasteiger partial charge in [-0.2, -0.15) is 12.6 Å². The largest absolute Gasteiger partial charge is 0.299 e. The molecule has 0 bridgehead atoms. The molecule has 122 valence electrons. The van der Waals surface area contributed by atoms with Crippen molar-refractivity contribution in [1.29, 1.82) is 0 Å². The molecule has 22 heavy (non-hydrogen) atoms. The smallest absolute Gasteiger partial charge is 0.139 e. The number of fused-ring (bicyclic) bond motifs is 5. The van der Waals surface area contributed by atoms with Crippen molar-refractivity contribution >= 4 is 18.4 Å². The molecule has 0 amide bonds. The van der Waals surface area contributed by atoms with E-state index in [9.17, 15) is 4.79 Å². The number of Topliss-reactive ketones (excluding diaryl/α,β-unsaturated/α-hetero) is 1. The molecule has 1 nitrogen and oxygen atoms in total. The summed E-state index contributed by atoms with van der Waals surface area (Å²) in [5.41, 5.74) is 1.89. The standard InChI is InChI=1S/C20H30OS/c1-12-10-14-15-4-5-18(21)20(15,3)9-7-16(14)19(2)8-6-13(22)11-17(12)19/h13-17,22H,1,4-11H2,2-3H3/t13?,14-,15-,16+,17?,19+,20-/m0/s1. The summed E-state index contributed by atoms with van der Waals surface area (Å²) in [5, 5.41) is 0.563. The van der Waals surface area contributed by atoms with E-state index in [1.807, 2.05) is 0 Å². The lowest BCUT2D eigenvalue weighted by Gasteiger charge is -2.60. The number of allylic oxidation sites excluding steroid dienone is 1. The molecule has 4 aliphatic carbocycles. The minimum Gasteiger partial charge on any atom is -0.299 e. The van der Waals surface area contributed by atoms with Crippen molar-refractivity contribution < 1.29 is 4.79 Å². The highest BCUT2D eigenvalue weighted by Crippen LogP contribution is 2.66. The monoisotopic (exact) mass is 318 g/mol. The molecule has 4 aliphatic rings. The Morgan fingerprint density at radius 1 is 1.14 bits per heavy atom. The molecule has 0 spiro atoms. The molecule has 0 saturated heterocycles. The van der Waals surface area contributed by atoms with Gasteiger partial charge in [0, 0.05) is 17.1 Å². The Labute approximate surface area is 140 Å². The quantitative estimate of drug-likeness (QED) is 0.488. The third kappa shape index (κ3) is 1.88. The molecule has 4 saturated carbocycles. The number of ketones is 1. The van der Waals surface area contributed by atoms with Gasteiger partial charge in [0.25, 0.3) is 0 Å². The topological polar surface area (TPSA) is 17.1 Å². The second kappa shape index (κ2) is 4.88. The lowest BCUT2D eigenvalue weighted by atomic mass is 9.44. The second-order valence-corrected chi connectivity index (χ2v) is 9.87. The summed E-state index contributed by atoms with van der Waals surface area (Å²) in [7, 11) is 0. The summed E-state index contributed by atoms with van der Waals surface area (Å²) in [5.74, 6) is 3.38. The summed E-state index contributed by atoms with van der Waals surface area (Å²) in [6.45, 7) is 9.32. The van der Waals surface area contributed by atoms with Crippen LogP contribution >= 0.6 is 12.6 Å². The summed E-state index contributed by atoms with van der Waals surface area (Å²) in [6, 6.07) is 0. The maximum absolute atomic E-state index is 12.5. The lowest BCUT2D eigenvalue weighted by Crippen LogP contribution is -2.54. The molecule has 0 heterocycles. The van der Waals surface area contributed by atoms with Crippen LogP contribution in [-0.2, 0) is 4.79 Å². The van der Waals surface area contributed by atoms with Crippen LogP contribution in [0, 0.1) is 34.5 Å². The third-order valence-electron chi connectivity index (χ3n) is 8.30. The van der Waals surface area contributed by atoms with Crippen LogP contribution in [0.2, 0.25) is 0 Å². The highest BCUT2D eigenvalue weighted by molar-refractivity contribution is 7.80. The number of carbonyl (C=O) groups excluding carboxylic acids is 1. The van der Waals surface area contributed by atoms with Gasteiger partial charge in [0.15, 0.2) is 0 Å². The molecule has 4 fully saturated rings. The van der Waals surface area contributed by atoms with E-state index in [-0.39, 0.29) is 5.41 Å². The van der Waals surface area contributed by atoms with Crippen LogP contribution < -0.4 is 0 Å². The summed E-state index contributed by atoms with van der Waals surface area (Å²) < 4.78 is 0. The van der Waals surface area contributed by atoms with Crippen molar-refractivity contribution in [3.8, 4) is 0 Å². The van der Waals surface area contributed by atoms with Crippen LogP contribution in [0.4, 0.5) is 0 Å². The highest BCUT2D eigenvalue weighted by atomic mass is 32.1. The fraction of sp³-hybridized carbons (Fsp3) is 0.850. The van der Waals surface area contributed by atoms with Crippen molar-refractivity contribution in [2.24, 2.45) is 34.5 Å². The molecule has 4 rings (SSSR count). The molecular formula is C20H30OS. The van der Waals surface area contributed by atoms with E-state index in [0.29, 0.717) is 28.3 Å². The maximum atomic E-state index is 12.5. The van der Waals surface area contributed by atoms with Crippen LogP contribution in [0.1, 0.15) is 65.2 Å². The van der Waals surface area contributed by atoms with Crippen molar-refractivity contribution in [2.75, 3.05) is 0 Å². The zero-order valence-corrected chi connectivity index (χ0v) is 15.0. The van der Waals surface area contributed by atoms with Gasteiger partial charge in [0.05, 0.1) is 0 Å². The van der Waals surface area contributed by atoms with Gasteiger partial charge in [-0.05, 0) is 74.0 Å². The summed E-state index contributed by atoms with van der Waals surface area (Å²) in [4.78, 5) is 12.5. The van der Waals surface area contributed by atoms with Gasteiger partial charge >= 0.3 is 0 Å². The van der Waals surface area contributed by atoms with Gasteiger partial charge in [-0.25, -0.2) is 0 Å². The molecule has 0 N–H and O–H groups in total. The van der Waals surface area contributed by atoms with Crippen molar-refractivity contribution in [1.82, 2.24) is 0 Å². The number of hydrogen-bond donors (Lipinski definition) is 1. The van der Waals surface area contributed by atoms with Crippen LogP contribution in [0.5, 0.6) is 0 Å². The molecule has 0 aliphatic heterocycles. The molecule has 7 atom stereocenters. The molecule has 0 aromatic rings. The number of rotatable bonds is 0. The second-order valence-electron chi connectivity index (χ2n) is 9.14. The Balaban J connectivity index is 1.69. The van der Waals surface area contributed by atoms with Crippen molar-refractivity contribution in [3.63, 3.8) is 0 Å². The predicted molar refractivity (Wildman–Crippen MR) is 94.0 cm³/mol. The van der Waals surface area contributed by atoms with Crippen molar-refractivity contribution in [3.05, 3.63) is 12.2 Å².